The molecule has 7 heteroatoms. The molecular formula is C17H22F2N2O3. The van der Waals surface area contributed by atoms with Crippen LogP contribution in [-0.4, -0.2) is 48.6 Å². The van der Waals surface area contributed by atoms with Crippen molar-refractivity contribution < 1.29 is 23.1 Å². The zero-order chi connectivity index (χ0) is 17.7. The summed E-state index contributed by atoms with van der Waals surface area (Å²) < 4.78 is 31.9. The van der Waals surface area contributed by atoms with Gasteiger partial charge in [-0.2, -0.15) is 0 Å². The quantitative estimate of drug-likeness (QED) is 0.835. The first-order valence-corrected chi connectivity index (χ1v) is 8.03. The second-order valence-electron chi connectivity index (χ2n) is 6.04. The first kappa shape index (κ1) is 18.3. The summed E-state index contributed by atoms with van der Waals surface area (Å²) in [6, 6.07) is 2.79. The molecule has 2 amide bonds. The van der Waals surface area contributed by atoms with Crippen molar-refractivity contribution in [2.24, 2.45) is 0 Å². The number of nitrogens with zero attached hydrogens (tertiary/aromatic N) is 1. The van der Waals surface area contributed by atoms with Crippen molar-refractivity contribution in [3.8, 4) is 0 Å². The van der Waals surface area contributed by atoms with Crippen molar-refractivity contribution in [2.75, 3.05) is 19.6 Å². The molecule has 0 bridgehead atoms. The number of carbonyl (C=O) groups is 2. The van der Waals surface area contributed by atoms with Gasteiger partial charge in [0.05, 0.1) is 17.8 Å². The summed E-state index contributed by atoms with van der Waals surface area (Å²) in [4.78, 5) is 25.7. The number of hydrogen-bond donors (Lipinski definition) is 1. The van der Waals surface area contributed by atoms with Crippen molar-refractivity contribution >= 4 is 11.8 Å². The second kappa shape index (κ2) is 8.19. The van der Waals surface area contributed by atoms with Crippen molar-refractivity contribution in [3.05, 3.63) is 35.4 Å². The van der Waals surface area contributed by atoms with E-state index in [9.17, 15) is 18.4 Å². The Bertz CT molecular complexity index is 599. The average molecular weight is 340 g/mol. The fourth-order valence-corrected chi connectivity index (χ4v) is 2.75. The first-order chi connectivity index (χ1) is 11.4. The SMILES string of the molecule is CC1CN(C(=O)CCCNC(=O)c2ccc(F)cc2F)CC(C)O1. The molecule has 2 atom stereocenters. The third-order valence-corrected chi connectivity index (χ3v) is 3.80. The number of benzene rings is 1. The monoisotopic (exact) mass is 340 g/mol. The fourth-order valence-electron chi connectivity index (χ4n) is 2.75. The van der Waals surface area contributed by atoms with Gasteiger partial charge in [-0.15, -0.1) is 0 Å². The van der Waals surface area contributed by atoms with E-state index in [4.69, 9.17) is 4.74 Å². The van der Waals surface area contributed by atoms with Crippen LogP contribution in [0.5, 0.6) is 0 Å². The second-order valence-corrected chi connectivity index (χ2v) is 6.04. The maximum atomic E-state index is 13.5. The van der Waals surface area contributed by atoms with Crippen molar-refractivity contribution in [1.29, 1.82) is 0 Å². The summed E-state index contributed by atoms with van der Waals surface area (Å²) in [7, 11) is 0. The Labute approximate surface area is 140 Å². The standard InChI is InChI=1S/C17H22F2N2O3/c1-11-9-21(10-12(2)24-11)16(22)4-3-7-20-17(23)14-6-5-13(18)8-15(14)19/h5-6,8,11-12H,3-4,7,9-10H2,1-2H3,(H,20,23). The number of morpholine rings is 1. The molecule has 2 unspecified atom stereocenters. The number of ether oxygens (including phenoxy) is 1. The molecule has 1 heterocycles. The van der Waals surface area contributed by atoms with Gasteiger partial charge in [0.2, 0.25) is 5.91 Å². The summed E-state index contributed by atoms with van der Waals surface area (Å²) in [6.07, 6.45) is 0.775. The average Bonchev–Trinajstić information content (AvgIpc) is 2.50. The van der Waals surface area contributed by atoms with Crippen LogP contribution in [0.2, 0.25) is 0 Å². The molecule has 0 spiro atoms. The molecule has 5 nitrogen and oxygen atoms in total. The van der Waals surface area contributed by atoms with Crippen LogP contribution in [0.1, 0.15) is 37.0 Å². The molecule has 132 valence electrons. The zero-order valence-electron chi connectivity index (χ0n) is 13.9. The Balaban J connectivity index is 1.74. The number of hydrogen-bond acceptors (Lipinski definition) is 3. The molecule has 1 aliphatic rings. The molecule has 24 heavy (non-hydrogen) atoms. The van der Waals surface area contributed by atoms with Gasteiger partial charge in [-0.1, -0.05) is 0 Å². The third kappa shape index (κ3) is 4.99. The van der Waals surface area contributed by atoms with E-state index in [1.807, 2.05) is 13.8 Å². The minimum absolute atomic E-state index is 0.0128. The summed E-state index contributed by atoms with van der Waals surface area (Å²) in [5.41, 5.74) is -0.210. The normalized spacial score (nSPS) is 20.8. The maximum absolute atomic E-state index is 13.5. The van der Waals surface area contributed by atoms with Gasteiger partial charge in [-0.3, -0.25) is 9.59 Å². The molecule has 0 aliphatic carbocycles. The number of halogens is 2. The van der Waals surface area contributed by atoms with Crippen molar-refractivity contribution in [3.63, 3.8) is 0 Å². The summed E-state index contributed by atoms with van der Waals surface area (Å²) in [6.45, 7) is 5.23. The topological polar surface area (TPSA) is 58.6 Å². The van der Waals surface area contributed by atoms with E-state index in [1.54, 1.807) is 4.90 Å². The maximum Gasteiger partial charge on any atom is 0.254 e. The van der Waals surface area contributed by atoms with Crippen LogP contribution in [0.3, 0.4) is 0 Å². The van der Waals surface area contributed by atoms with Gasteiger partial charge in [-0.05, 0) is 32.4 Å². The van der Waals surface area contributed by atoms with Crippen LogP contribution in [-0.2, 0) is 9.53 Å². The minimum Gasteiger partial charge on any atom is -0.372 e. The Morgan fingerprint density at radius 1 is 1.25 bits per heavy atom. The summed E-state index contributed by atoms with van der Waals surface area (Å²) in [5, 5.41) is 2.54. The van der Waals surface area contributed by atoms with Crippen LogP contribution in [0, 0.1) is 11.6 Å². The zero-order valence-corrected chi connectivity index (χ0v) is 13.9. The number of carbonyl (C=O) groups excluding carboxylic acids is 2. The molecule has 1 aromatic rings. The summed E-state index contributed by atoms with van der Waals surface area (Å²) >= 11 is 0. The molecule has 1 aromatic carbocycles. The molecule has 0 aromatic heterocycles. The van der Waals surface area contributed by atoms with E-state index in [2.05, 4.69) is 5.32 Å². The van der Waals surface area contributed by atoms with Gasteiger partial charge in [0.15, 0.2) is 0 Å². The van der Waals surface area contributed by atoms with Crippen LogP contribution in [0.25, 0.3) is 0 Å². The third-order valence-electron chi connectivity index (χ3n) is 3.80. The molecule has 1 aliphatic heterocycles. The fraction of sp³-hybridized carbons (Fsp3) is 0.529. The van der Waals surface area contributed by atoms with Gasteiger partial charge in [0.1, 0.15) is 11.6 Å². The highest BCUT2D eigenvalue weighted by atomic mass is 19.1. The predicted molar refractivity (Wildman–Crippen MR) is 84.5 cm³/mol. The number of rotatable bonds is 5. The molecule has 0 radical (unpaired) electrons. The Kier molecular flexibility index (Phi) is 6.25. The smallest absolute Gasteiger partial charge is 0.254 e. The van der Waals surface area contributed by atoms with E-state index >= 15 is 0 Å². The molecule has 1 N–H and O–H groups in total. The van der Waals surface area contributed by atoms with Gasteiger partial charge < -0.3 is 15.0 Å². The van der Waals surface area contributed by atoms with Gasteiger partial charge >= 0.3 is 0 Å². The van der Waals surface area contributed by atoms with Gasteiger partial charge in [-0.25, -0.2) is 8.78 Å². The van der Waals surface area contributed by atoms with E-state index in [-0.39, 0.29) is 30.2 Å². The molecular weight excluding hydrogens is 318 g/mol. The Morgan fingerprint density at radius 3 is 2.54 bits per heavy atom. The minimum atomic E-state index is -0.903. The van der Waals surface area contributed by atoms with E-state index in [1.165, 1.54) is 0 Å². The molecule has 1 fully saturated rings. The van der Waals surface area contributed by atoms with Crippen molar-refractivity contribution in [2.45, 2.75) is 38.9 Å². The van der Waals surface area contributed by atoms with Gasteiger partial charge in [0, 0.05) is 32.1 Å². The van der Waals surface area contributed by atoms with Crippen LogP contribution in [0.15, 0.2) is 18.2 Å². The predicted octanol–water partition coefficient (Wildman–Crippen LogP) is 2.11. The van der Waals surface area contributed by atoms with Crippen LogP contribution < -0.4 is 5.32 Å². The lowest BCUT2D eigenvalue weighted by Gasteiger charge is -2.35. The highest BCUT2D eigenvalue weighted by Gasteiger charge is 2.25. The van der Waals surface area contributed by atoms with E-state index < -0.39 is 17.5 Å². The molecule has 1 saturated heterocycles. The largest absolute Gasteiger partial charge is 0.372 e. The van der Waals surface area contributed by atoms with E-state index in [0.29, 0.717) is 32.0 Å². The van der Waals surface area contributed by atoms with Crippen LogP contribution >= 0.6 is 0 Å². The van der Waals surface area contributed by atoms with E-state index in [0.717, 1.165) is 12.1 Å². The Hall–Kier alpha value is -2.02. The van der Waals surface area contributed by atoms with Gasteiger partial charge in [0.25, 0.3) is 5.91 Å². The Morgan fingerprint density at radius 2 is 1.92 bits per heavy atom. The lowest BCUT2D eigenvalue weighted by molar-refractivity contribution is -0.143. The number of nitrogens with one attached hydrogen (secondary N) is 1. The van der Waals surface area contributed by atoms with Crippen LogP contribution in [0.4, 0.5) is 8.78 Å². The van der Waals surface area contributed by atoms with Crippen molar-refractivity contribution in [1.82, 2.24) is 10.2 Å². The molecule has 0 saturated carbocycles. The highest BCUT2D eigenvalue weighted by Crippen LogP contribution is 2.12. The highest BCUT2D eigenvalue weighted by molar-refractivity contribution is 5.94. The lowest BCUT2D eigenvalue weighted by atomic mass is 10.2. The molecule has 2 rings (SSSR count). The first-order valence-electron chi connectivity index (χ1n) is 8.03. The summed E-state index contributed by atoms with van der Waals surface area (Å²) in [5.74, 6) is -2.24. The lowest BCUT2D eigenvalue weighted by Crippen LogP contribution is -2.48. The number of amides is 2.